The third-order valence-corrected chi connectivity index (χ3v) is 1.81. The van der Waals surface area contributed by atoms with Crippen LogP contribution in [0.1, 0.15) is 25.7 Å². The number of nitrogens with one attached hydrogen (secondary N) is 1. The lowest BCUT2D eigenvalue weighted by molar-refractivity contribution is -0.137. The molecule has 0 rings (SSSR count). The number of hydrogen-bond donors (Lipinski definition) is 2. The summed E-state index contributed by atoms with van der Waals surface area (Å²) in [5.41, 5.74) is 7.97. The van der Waals surface area contributed by atoms with Gasteiger partial charge in [0.05, 0.1) is 6.61 Å². The average Bonchev–Trinajstić information content (AvgIpc) is 2.29. The highest BCUT2D eigenvalue weighted by Crippen LogP contribution is 1.99. The molecule has 0 aliphatic rings. The smallest absolute Gasteiger partial charge is 0.407 e. The van der Waals surface area contributed by atoms with Crippen LogP contribution in [0.3, 0.4) is 0 Å². The fraction of sp³-hybridized carbons (Fsp3) is 0.778. The molecule has 0 aliphatic carbocycles. The summed E-state index contributed by atoms with van der Waals surface area (Å²) in [5, 5.41) is 14.0. The van der Waals surface area contributed by atoms with Crippen LogP contribution in [0.15, 0.2) is 5.11 Å². The Bertz CT molecular complexity index is 289. The molecule has 2 N–H and O–H groups in total. The molecular weight excluding hydrogens is 228 g/mol. The molecule has 0 atom stereocenters. The Labute approximate surface area is 98.6 Å². The Morgan fingerprint density at radius 2 is 2.12 bits per heavy atom. The van der Waals surface area contributed by atoms with E-state index in [1.165, 1.54) is 0 Å². The number of carbonyl (C=O) groups excluding carboxylic acids is 1. The van der Waals surface area contributed by atoms with Gasteiger partial charge in [0.15, 0.2) is 0 Å². The van der Waals surface area contributed by atoms with Crippen LogP contribution in [-0.2, 0) is 9.53 Å². The standard InChI is InChI=1S/C9H16N4O4/c10-13-12-6-5-11-9(16)17-7-3-1-2-4-8(14)15/h1-7H2,(H,11,16)(H,14,15). The molecule has 0 saturated heterocycles. The second kappa shape index (κ2) is 10.6. The van der Waals surface area contributed by atoms with Crippen LogP contribution in [0.2, 0.25) is 0 Å². The second-order valence-electron chi connectivity index (χ2n) is 3.22. The van der Waals surface area contributed by atoms with Crippen molar-refractivity contribution in [3.05, 3.63) is 10.4 Å². The van der Waals surface area contributed by atoms with E-state index in [2.05, 4.69) is 15.3 Å². The summed E-state index contributed by atoms with van der Waals surface area (Å²) in [6, 6.07) is 0. The van der Waals surface area contributed by atoms with Crippen molar-refractivity contribution in [2.75, 3.05) is 19.7 Å². The highest BCUT2D eigenvalue weighted by molar-refractivity contribution is 5.67. The summed E-state index contributed by atoms with van der Waals surface area (Å²) in [5.74, 6) is -0.818. The SMILES string of the molecule is [N-]=[N+]=NCCNC(=O)OCCCCCC(=O)O. The molecule has 8 nitrogen and oxygen atoms in total. The highest BCUT2D eigenvalue weighted by Gasteiger charge is 2.00. The Hall–Kier alpha value is -1.95. The van der Waals surface area contributed by atoms with E-state index in [-0.39, 0.29) is 26.1 Å². The molecule has 0 saturated carbocycles. The normalized spacial score (nSPS) is 9.18. The van der Waals surface area contributed by atoms with E-state index in [1.54, 1.807) is 0 Å². The first-order chi connectivity index (χ1) is 8.16. The monoisotopic (exact) mass is 244 g/mol. The second-order valence-corrected chi connectivity index (χ2v) is 3.22. The van der Waals surface area contributed by atoms with Gasteiger partial charge in [-0.1, -0.05) is 5.11 Å². The van der Waals surface area contributed by atoms with Crippen LogP contribution in [0.25, 0.3) is 10.4 Å². The molecule has 1 amide bonds. The molecule has 0 bridgehead atoms. The molecule has 0 aromatic heterocycles. The largest absolute Gasteiger partial charge is 0.481 e. The number of carbonyl (C=O) groups is 2. The van der Waals surface area contributed by atoms with Gasteiger partial charge in [0, 0.05) is 24.4 Å². The summed E-state index contributed by atoms with van der Waals surface area (Å²) >= 11 is 0. The Balaban J connectivity index is 3.27. The van der Waals surface area contributed by atoms with Gasteiger partial charge >= 0.3 is 12.1 Å². The van der Waals surface area contributed by atoms with E-state index in [1.807, 2.05) is 0 Å². The number of azide groups is 1. The van der Waals surface area contributed by atoms with Gasteiger partial charge in [-0.05, 0) is 24.8 Å². The zero-order valence-corrected chi connectivity index (χ0v) is 9.46. The van der Waals surface area contributed by atoms with Crippen molar-refractivity contribution >= 4 is 12.1 Å². The maximum Gasteiger partial charge on any atom is 0.407 e. The predicted molar refractivity (Wildman–Crippen MR) is 59.5 cm³/mol. The predicted octanol–water partition coefficient (Wildman–Crippen LogP) is 1.67. The molecule has 0 radical (unpaired) electrons. The number of ether oxygens (including phenoxy) is 1. The van der Waals surface area contributed by atoms with Crippen LogP contribution in [0.4, 0.5) is 4.79 Å². The first kappa shape index (κ1) is 15.0. The summed E-state index contributed by atoms with van der Waals surface area (Å²) < 4.78 is 4.80. The van der Waals surface area contributed by atoms with Crippen LogP contribution in [0, 0.1) is 0 Å². The molecule has 0 aliphatic heterocycles. The van der Waals surface area contributed by atoms with Gasteiger partial charge in [0.1, 0.15) is 0 Å². The maximum atomic E-state index is 11.0. The lowest BCUT2D eigenvalue weighted by atomic mass is 10.2. The molecular formula is C9H16N4O4. The van der Waals surface area contributed by atoms with Crippen LogP contribution >= 0.6 is 0 Å². The first-order valence-electron chi connectivity index (χ1n) is 5.30. The van der Waals surface area contributed by atoms with E-state index in [0.717, 1.165) is 0 Å². The van der Waals surface area contributed by atoms with Gasteiger partial charge < -0.3 is 15.2 Å². The fourth-order valence-electron chi connectivity index (χ4n) is 1.02. The molecule has 96 valence electrons. The van der Waals surface area contributed by atoms with Gasteiger partial charge in [-0.25, -0.2) is 4.79 Å². The zero-order chi connectivity index (χ0) is 12.9. The van der Waals surface area contributed by atoms with Gasteiger partial charge in [-0.3, -0.25) is 4.79 Å². The summed E-state index contributed by atoms with van der Waals surface area (Å²) in [6.07, 6.45) is 1.50. The number of rotatable bonds is 9. The van der Waals surface area contributed by atoms with E-state index in [9.17, 15) is 9.59 Å². The summed E-state index contributed by atoms with van der Waals surface area (Å²) in [6.45, 7) is 0.680. The molecule has 8 heteroatoms. The fourth-order valence-corrected chi connectivity index (χ4v) is 1.02. The summed E-state index contributed by atoms with van der Waals surface area (Å²) in [7, 11) is 0. The van der Waals surface area contributed by atoms with Crippen molar-refractivity contribution in [1.82, 2.24) is 5.32 Å². The molecule has 0 aromatic rings. The molecule has 0 aromatic carbocycles. The number of carboxylic acid groups (broad SMARTS) is 1. The Kier molecular flexibility index (Phi) is 9.35. The third-order valence-electron chi connectivity index (χ3n) is 1.81. The van der Waals surface area contributed by atoms with Crippen LogP contribution in [0.5, 0.6) is 0 Å². The lowest BCUT2D eigenvalue weighted by Crippen LogP contribution is -2.27. The van der Waals surface area contributed by atoms with Gasteiger partial charge in [0.2, 0.25) is 0 Å². The van der Waals surface area contributed by atoms with Crippen LogP contribution < -0.4 is 5.32 Å². The number of nitrogens with zero attached hydrogens (tertiary/aromatic N) is 3. The van der Waals surface area contributed by atoms with Crippen molar-refractivity contribution in [3.8, 4) is 0 Å². The van der Waals surface area contributed by atoms with E-state index >= 15 is 0 Å². The van der Waals surface area contributed by atoms with Gasteiger partial charge in [-0.2, -0.15) is 0 Å². The number of amides is 1. The number of alkyl carbamates (subject to hydrolysis) is 1. The summed E-state index contributed by atoms with van der Waals surface area (Å²) in [4.78, 5) is 23.7. The maximum absolute atomic E-state index is 11.0. The Morgan fingerprint density at radius 3 is 2.76 bits per heavy atom. The number of carboxylic acids is 1. The van der Waals surface area contributed by atoms with Crippen molar-refractivity contribution in [1.29, 1.82) is 0 Å². The molecule has 17 heavy (non-hydrogen) atoms. The van der Waals surface area contributed by atoms with Crippen molar-refractivity contribution in [3.63, 3.8) is 0 Å². The molecule has 0 unspecified atom stereocenters. The van der Waals surface area contributed by atoms with Crippen molar-refractivity contribution in [2.24, 2.45) is 5.11 Å². The zero-order valence-electron chi connectivity index (χ0n) is 9.46. The first-order valence-corrected chi connectivity index (χ1v) is 5.30. The molecule has 0 spiro atoms. The lowest BCUT2D eigenvalue weighted by Gasteiger charge is -2.05. The minimum atomic E-state index is -0.818. The van der Waals surface area contributed by atoms with E-state index < -0.39 is 12.1 Å². The van der Waals surface area contributed by atoms with E-state index in [4.69, 9.17) is 15.4 Å². The third kappa shape index (κ3) is 12.0. The Morgan fingerprint density at radius 1 is 1.35 bits per heavy atom. The quantitative estimate of drug-likeness (QED) is 0.277. The topological polar surface area (TPSA) is 124 Å². The number of hydrogen-bond acceptors (Lipinski definition) is 4. The average molecular weight is 244 g/mol. The van der Waals surface area contributed by atoms with E-state index in [0.29, 0.717) is 19.3 Å². The van der Waals surface area contributed by atoms with Crippen LogP contribution in [-0.4, -0.2) is 36.9 Å². The number of aliphatic carboxylic acids is 1. The highest BCUT2D eigenvalue weighted by atomic mass is 16.5. The van der Waals surface area contributed by atoms with Gasteiger partial charge in [-0.15, -0.1) is 0 Å². The molecule has 0 heterocycles. The van der Waals surface area contributed by atoms with Gasteiger partial charge in [0.25, 0.3) is 0 Å². The number of unbranched alkanes of at least 4 members (excludes halogenated alkanes) is 2. The van der Waals surface area contributed by atoms with Crippen molar-refractivity contribution < 1.29 is 19.4 Å². The minimum Gasteiger partial charge on any atom is -0.481 e. The molecule has 0 fully saturated rings. The van der Waals surface area contributed by atoms with Crippen molar-refractivity contribution in [2.45, 2.75) is 25.7 Å². The minimum absolute atomic E-state index is 0.137.